The Morgan fingerprint density at radius 3 is 2.50 bits per heavy atom. The van der Waals surface area contributed by atoms with Crippen LogP contribution in [0.3, 0.4) is 0 Å². The fourth-order valence-corrected chi connectivity index (χ4v) is 2.30. The van der Waals surface area contributed by atoms with Gasteiger partial charge < -0.3 is 14.5 Å². The third-order valence-electron chi connectivity index (χ3n) is 3.63. The highest BCUT2D eigenvalue weighted by molar-refractivity contribution is 5.39. The number of furan rings is 1. The van der Waals surface area contributed by atoms with Crippen molar-refractivity contribution in [2.45, 2.75) is 45.9 Å². The van der Waals surface area contributed by atoms with Crippen molar-refractivity contribution in [3.05, 3.63) is 53.0 Å². The second kappa shape index (κ2) is 5.71. The van der Waals surface area contributed by atoms with Crippen LogP contribution in [0.1, 0.15) is 35.5 Å². The first-order valence-electron chi connectivity index (χ1n) is 7.22. The molecule has 1 aromatic carbocycles. The van der Waals surface area contributed by atoms with Gasteiger partial charge in [-0.2, -0.15) is 0 Å². The fraction of sp³-hybridized carbons (Fsp3) is 0.412. The number of rotatable bonds is 6. The smallest absolute Gasteiger partial charge is 0.146 e. The van der Waals surface area contributed by atoms with Crippen molar-refractivity contribution in [3.63, 3.8) is 0 Å². The van der Waals surface area contributed by atoms with E-state index in [4.69, 9.17) is 9.15 Å². The number of benzene rings is 1. The zero-order valence-corrected chi connectivity index (χ0v) is 12.1. The molecule has 1 heterocycles. The summed E-state index contributed by atoms with van der Waals surface area (Å²) in [7, 11) is 0. The van der Waals surface area contributed by atoms with Crippen LogP contribution in [0.15, 0.2) is 34.7 Å². The maximum absolute atomic E-state index is 5.89. The number of hydrogen-bond donors (Lipinski definition) is 1. The quantitative estimate of drug-likeness (QED) is 0.869. The van der Waals surface area contributed by atoms with Gasteiger partial charge in [0.1, 0.15) is 23.9 Å². The van der Waals surface area contributed by atoms with Gasteiger partial charge in [-0.05, 0) is 49.9 Å². The summed E-state index contributed by atoms with van der Waals surface area (Å²) in [5, 5.41) is 3.44. The monoisotopic (exact) mass is 271 g/mol. The highest BCUT2D eigenvalue weighted by atomic mass is 16.5. The largest absolute Gasteiger partial charge is 0.485 e. The van der Waals surface area contributed by atoms with Gasteiger partial charge in [0, 0.05) is 6.04 Å². The minimum Gasteiger partial charge on any atom is -0.485 e. The van der Waals surface area contributed by atoms with Gasteiger partial charge in [-0.15, -0.1) is 0 Å². The minimum atomic E-state index is 0.481. The lowest BCUT2D eigenvalue weighted by Gasteiger charge is -2.10. The molecule has 0 atom stereocenters. The van der Waals surface area contributed by atoms with Gasteiger partial charge in [-0.25, -0.2) is 0 Å². The van der Waals surface area contributed by atoms with Crippen LogP contribution in [0.5, 0.6) is 5.75 Å². The van der Waals surface area contributed by atoms with Gasteiger partial charge in [0.05, 0.1) is 6.54 Å². The van der Waals surface area contributed by atoms with Gasteiger partial charge in [-0.1, -0.05) is 18.2 Å². The van der Waals surface area contributed by atoms with E-state index in [0.29, 0.717) is 12.6 Å². The molecule has 1 aliphatic carbocycles. The molecule has 1 fully saturated rings. The lowest BCUT2D eigenvalue weighted by Crippen LogP contribution is -2.14. The normalized spacial score (nSPS) is 14.5. The van der Waals surface area contributed by atoms with E-state index in [0.717, 1.165) is 34.9 Å². The summed E-state index contributed by atoms with van der Waals surface area (Å²) >= 11 is 0. The lowest BCUT2D eigenvalue weighted by atomic mass is 10.1. The van der Waals surface area contributed by atoms with Crippen LogP contribution in [0.25, 0.3) is 0 Å². The number of nitrogens with one attached hydrogen (secondary N) is 1. The standard InChI is InChI=1S/C17H21NO2/c1-12-4-3-5-13(2)17(12)19-11-16-9-8-15(20-16)10-18-14-6-7-14/h3-5,8-9,14,18H,6-7,10-11H2,1-2H3. The first-order chi connectivity index (χ1) is 9.72. The van der Waals surface area contributed by atoms with E-state index in [9.17, 15) is 0 Å². The van der Waals surface area contributed by atoms with Crippen molar-refractivity contribution in [1.29, 1.82) is 0 Å². The van der Waals surface area contributed by atoms with Gasteiger partial charge in [0.2, 0.25) is 0 Å². The third-order valence-corrected chi connectivity index (χ3v) is 3.63. The molecule has 0 radical (unpaired) electrons. The van der Waals surface area contributed by atoms with E-state index < -0.39 is 0 Å². The van der Waals surface area contributed by atoms with Crippen LogP contribution < -0.4 is 10.1 Å². The summed E-state index contributed by atoms with van der Waals surface area (Å²) in [5.41, 5.74) is 2.32. The van der Waals surface area contributed by atoms with E-state index in [1.807, 2.05) is 18.2 Å². The van der Waals surface area contributed by atoms with E-state index in [1.165, 1.54) is 12.8 Å². The average molecular weight is 271 g/mol. The van der Waals surface area contributed by atoms with Crippen molar-refractivity contribution in [3.8, 4) is 5.75 Å². The maximum atomic E-state index is 5.89. The Labute approximate surface area is 119 Å². The Balaban J connectivity index is 1.57. The molecule has 3 rings (SSSR count). The number of aryl methyl sites for hydroxylation is 2. The van der Waals surface area contributed by atoms with Crippen LogP contribution in [0, 0.1) is 13.8 Å². The summed E-state index contributed by atoms with van der Waals surface area (Å²) in [6, 6.07) is 10.9. The summed E-state index contributed by atoms with van der Waals surface area (Å²) in [6.07, 6.45) is 2.59. The molecule has 0 saturated heterocycles. The molecule has 0 spiro atoms. The van der Waals surface area contributed by atoms with E-state index >= 15 is 0 Å². The fourth-order valence-electron chi connectivity index (χ4n) is 2.30. The number of para-hydroxylation sites is 1. The molecule has 1 N–H and O–H groups in total. The molecule has 3 nitrogen and oxygen atoms in total. The topological polar surface area (TPSA) is 34.4 Å². The van der Waals surface area contributed by atoms with Gasteiger partial charge >= 0.3 is 0 Å². The Morgan fingerprint density at radius 2 is 1.80 bits per heavy atom. The van der Waals surface area contributed by atoms with Crippen molar-refractivity contribution in [1.82, 2.24) is 5.32 Å². The highest BCUT2D eigenvalue weighted by Gasteiger charge is 2.20. The number of hydrogen-bond acceptors (Lipinski definition) is 3. The molecule has 2 aromatic rings. The molecule has 20 heavy (non-hydrogen) atoms. The summed E-state index contributed by atoms with van der Waals surface area (Å²) in [5.74, 6) is 2.82. The van der Waals surface area contributed by atoms with E-state index in [1.54, 1.807) is 0 Å². The third kappa shape index (κ3) is 3.23. The first-order valence-corrected chi connectivity index (χ1v) is 7.22. The summed E-state index contributed by atoms with van der Waals surface area (Å²) in [4.78, 5) is 0. The van der Waals surface area contributed by atoms with Crippen LogP contribution in [-0.4, -0.2) is 6.04 Å². The van der Waals surface area contributed by atoms with E-state index in [-0.39, 0.29) is 0 Å². The lowest BCUT2D eigenvalue weighted by molar-refractivity contribution is 0.262. The molecule has 0 amide bonds. The molecule has 1 aliphatic rings. The van der Waals surface area contributed by atoms with Crippen LogP contribution in [-0.2, 0) is 13.2 Å². The maximum Gasteiger partial charge on any atom is 0.146 e. The molecule has 1 aromatic heterocycles. The molecule has 0 aliphatic heterocycles. The predicted molar refractivity (Wildman–Crippen MR) is 78.8 cm³/mol. The van der Waals surface area contributed by atoms with Crippen LogP contribution in [0.4, 0.5) is 0 Å². The Bertz CT molecular complexity index is 564. The average Bonchev–Trinajstić information content (AvgIpc) is 3.15. The van der Waals surface area contributed by atoms with Gasteiger partial charge in [0.25, 0.3) is 0 Å². The van der Waals surface area contributed by atoms with Crippen molar-refractivity contribution in [2.75, 3.05) is 0 Å². The van der Waals surface area contributed by atoms with Crippen LogP contribution >= 0.6 is 0 Å². The number of ether oxygens (including phenoxy) is 1. The minimum absolute atomic E-state index is 0.481. The Hall–Kier alpha value is -1.74. The van der Waals surface area contributed by atoms with Crippen LogP contribution in [0.2, 0.25) is 0 Å². The SMILES string of the molecule is Cc1cccc(C)c1OCc1ccc(CNC2CC2)o1. The molecule has 3 heteroatoms. The zero-order chi connectivity index (χ0) is 13.9. The molecule has 106 valence electrons. The van der Waals surface area contributed by atoms with Crippen molar-refractivity contribution < 1.29 is 9.15 Å². The molecule has 0 bridgehead atoms. The summed E-state index contributed by atoms with van der Waals surface area (Å²) < 4.78 is 11.7. The molecule has 0 unspecified atom stereocenters. The highest BCUT2D eigenvalue weighted by Crippen LogP contribution is 2.24. The van der Waals surface area contributed by atoms with E-state index in [2.05, 4.69) is 31.3 Å². The molecular formula is C17H21NO2. The molecule has 1 saturated carbocycles. The Morgan fingerprint density at radius 1 is 1.10 bits per heavy atom. The first kappa shape index (κ1) is 13.3. The van der Waals surface area contributed by atoms with Gasteiger partial charge in [0.15, 0.2) is 0 Å². The van der Waals surface area contributed by atoms with Gasteiger partial charge in [-0.3, -0.25) is 0 Å². The predicted octanol–water partition coefficient (Wildman–Crippen LogP) is 3.73. The second-order valence-electron chi connectivity index (χ2n) is 5.53. The Kier molecular flexibility index (Phi) is 3.79. The van der Waals surface area contributed by atoms with Crippen molar-refractivity contribution in [2.24, 2.45) is 0 Å². The van der Waals surface area contributed by atoms with Crippen molar-refractivity contribution >= 4 is 0 Å². The summed E-state index contributed by atoms with van der Waals surface area (Å²) in [6.45, 7) is 5.42. The second-order valence-corrected chi connectivity index (χ2v) is 5.53. The molecular weight excluding hydrogens is 250 g/mol. The zero-order valence-electron chi connectivity index (χ0n) is 12.1.